The van der Waals surface area contributed by atoms with Crippen LogP contribution in [0.2, 0.25) is 0 Å². The second-order valence-corrected chi connectivity index (χ2v) is 10.1. The number of carbonyl (C=O) groups is 1. The van der Waals surface area contributed by atoms with Crippen LogP contribution in [0.3, 0.4) is 0 Å². The molecular weight excluding hydrogens is 420 g/mol. The number of carbonyl (C=O) groups excluding carboxylic acids is 1. The van der Waals surface area contributed by atoms with Gasteiger partial charge in [0.1, 0.15) is 0 Å². The summed E-state index contributed by atoms with van der Waals surface area (Å²) in [6, 6.07) is 22.9. The highest BCUT2D eigenvalue weighted by Gasteiger charge is 2.21. The third-order valence-electron chi connectivity index (χ3n) is 5.57. The van der Waals surface area contributed by atoms with Crippen molar-refractivity contribution in [3.63, 3.8) is 0 Å². The van der Waals surface area contributed by atoms with Crippen LogP contribution in [-0.2, 0) is 16.6 Å². The number of rotatable bonds is 8. The van der Waals surface area contributed by atoms with E-state index in [2.05, 4.69) is 24.4 Å². The van der Waals surface area contributed by atoms with Gasteiger partial charge in [-0.3, -0.25) is 9.10 Å². The third kappa shape index (κ3) is 5.77. The molecule has 0 aliphatic carbocycles. The van der Waals surface area contributed by atoms with Crippen LogP contribution in [0, 0.1) is 13.8 Å². The van der Waals surface area contributed by atoms with Crippen molar-refractivity contribution in [3.05, 3.63) is 101 Å². The Bertz CT molecular complexity index is 1150. The van der Waals surface area contributed by atoms with Gasteiger partial charge in [-0.25, -0.2) is 8.42 Å². The first-order valence-corrected chi connectivity index (χ1v) is 12.5. The van der Waals surface area contributed by atoms with Gasteiger partial charge in [0.2, 0.25) is 10.0 Å². The summed E-state index contributed by atoms with van der Waals surface area (Å²) in [5, 5.41) is 2.98. The number of hydrogen-bond donors (Lipinski definition) is 1. The Morgan fingerprint density at radius 1 is 0.906 bits per heavy atom. The van der Waals surface area contributed by atoms with Crippen LogP contribution in [0.1, 0.15) is 45.5 Å². The molecule has 1 atom stereocenters. The molecule has 3 aromatic rings. The number of amides is 1. The highest BCUT2D eigenvalue weighted by atomic mass is 32.2. The number of aryl methyl sites for hydroxylation is 2. The van der Waals surface area contributed by atoms with E-state index in [1.165, 1.54) is 16.1 Å². The van der Waals surface area contributed by atoms with Crippen LogP contribution >= 0.6 is 0 Å². The lowest BCUT2D eigenvalue weighted by Gasteiger charge is -2.26. The van der Waals surface area contributed by atoms with Gasteiger partial charge in [0, 0.05) is 12.1 Å². The lowest BCUT2D eigenvalue weighted by atomic mass is 10.0. The van der Waals surface area contributed by atoms with Crippen molar-refractivity contribution >= 4 is 21.6 Å². The number of para-hydroxylation sites is 1. The molecule has 0 heterocycles. The van der Waals surface area contributed by atoms with E-state index in [1.807, 2.05) is 50.2 Å². The maximum Gasteiger partial charge on any atom is 0.251 e. The Balaban J connectivity index is 1.71. The summed E-state index contributed by atoms with van der Waals surface area (Å²) in [6.45, 7) is 6.64. The van der Waals surface area contributed by atoms with Crippen LogP contribution in [0.4, 0.5) is 5.69 Å². The van der Waals surface area contributed by atoms with Crippen molar-refractivity contribution in [2.45, 2.75) is 33.2 Å². The van der Waals surface area contributed by atoms with Crippen LogP contribution < -0.4 is 9.62 Å². The molecule has 1 amide bonds. The second-order valence-electron chi connectivity index (χ2n) is 8.23. The van der Waals surface area contributed by atoms with E-state index in [4.69, 9.17) is 0 Å². The monoisotopic (exact) mass is 450 g/mol. The molecule has 1 N–H and O–H groups in total. The van der Waals surface area contributed by atoms with E-state index < -0.39 is 10.0 Å². The predicted molar refractivity (Wildman–Crippen MR) is 131 cm³/mol. The van der Waals surface area contributed by atoms with Crippen LogP contribution in [0.25, 0.3) is 0 Å². The van der Waals surface area contributed by atoms with Gasteiger partial charge in [-0.2, -0.15) is 0 Å². The van der Waals surface area contributed by atoms with Crippen LogP contribution in [0.5, 0.6) is 0 Å². The van der Waals surface area contributed by atoms with Crippen LogP contribution in [-0.4, -0.2) is 27.1 Å². The number of benzene rings is 3. The lowest BCUT2D eigenvalue weighted by molar-refractivity contribution is 0.0951. The van der Waals surface area contributed by atoms with Gasteiger partial charge in [-0.05, 0) is 54.2 Å². The molecule has 0 aromatic heterocycles. The molecule has 168 valence electrons. The summed E-state index contributed by atoms with van der Waals surface area (Å²) in [5.74, 6) is 0.0640. The summed E-state index contributed by atoms with van der Waals surface area (Å²) in [7, 11) is -3.48. The Morgan fingerprint density at radius 3 is 2.06 bits per heavy atom. The lowest BCUT2D eigenvalue weighted by Crippen LogP contribution is -2.30. The van der Waals surface area contributed by atoms with Gasteiger partial charge < -0.3 is 5.32 Å². The molecule has 0 fully saturated rings. The van der Waals surface area contributed by atoms with E-state index >= 15 is 0 Å². The van der Waals surface area contributed by atoms with Crippen molar-refractivity contribution in [3.8, 4) is 0 Å². The fraction of sp³-hybridized carbons (Fsp3) is 0.269. The largest absolute Gasteiger partial charge is 0.351 e. The molecule has 6 heteroatoms. The van der Waals surface area contributed by atoms with Gasteiger partial charge in [0.15, 0.2) is 0 Å². The molecule has 0 radical (unpaired) electrons. The molecule has 0 aliphatic rings. The zero-order chi connectivity index (χ0) is 23.3. The Labute approximate surface area is 191 Å². The molecule has 3 aromatic carbocycles. The first-order valence-electron chi connectivity index (χ1n) is 10.6. The van der Waals surface area contributed by atoms with Crippen molar-refractivity contribution in [2.24, 2.45) is 0 Å². The smallest absolute Gasteiger partial charge is 0.251 e. The van der Waals surface area contributed by atoms with E-state index in [-0.39, 0.29) is 18.4 Å². The molecule has 32 heavy (non-hydrogen) atoms. The number of anilines is 1. The summed E-state index contributed by atoms with van der Waals surface area (Å²) < 4.78 is 26.5. The van der Waals surface area contributed by atoms with Crippen molar-refractivity contribution < 1.29 is 13.2 Å². The van der Waals surface area contributed by atoms with Gasteiger partial charge in [-0.1, -0.05) is 67.6 Å². The minimum absolute atomic E-state index is 0.144. The molecule has 1 unspecified atom stereocenters. The Hall–Kier alpha value is -3.12. The third-order valence-corrected chi connectivity index (χ3v) is 6.68. The second kappa shape index (κ2) is 10.0. The van der Waals surface area contributed by atoms with Gasteiger partial charge >= 0.3 is 0 Å². The van der Waals surface area contributed by atoms with Crippen molar-refractivity contribution in [1.82, 2.24) is 5.32 Å². The zero-order valence-electron chi connectivity index (χ0n) is 19.0. The summed E-state index contributed by atoms with van der Waals surface area (Å²) in [6.07, 6.45) is 1.22. The fourth-order valence-electron chi connectivity index (χ4n) is 3.74. The minimum atomic E-state index is -3.48. The van der Waals surface area contributed by atoms with Gasteiger partial charge in [0.25, 0.3) is 5.91 Å². The average molecular weight is 451 g/mol. The van der Waals surface area contributed by atoms with Gasteiger partial charge in [0.05, 0.1) is 18.5 Å². The maximum atomic E-state index is 12.6. The number of nitrogens with zero attached hydrogens (tertiary/aromatic N) is 1. The molecule has 0 bridgehead atoms. The minimum Gasteiger partial charge on any atom is -0.351 e. The molecule has 0 saturated heterocycles. The van der Waals surface area contributed by atoms with Gasteiger partial charge in [-0.15, -0.1) is 0 Å². The molecule has 0 saturated carbocycles. The highest BCUT2D eigenvalue weighted by molar-refractivity contribution is 7.92. The highest BCUT2D eigenvalue weighted by Crippen LogP contribution is 2.28. The summed E-state index contributed by atoms with van der Waals surface area (Å²) in [4.78, 5) is 12.6. The Kier molecular flexibility index (Phi) is 7.36. The normalized spacial score (nSPS) is 12.2. The summed E-state index contributed by atoms with van der Waals surface area (Å²) in [5.41, 5.74) is 5.04. The molecular formula is C26H30N2O3S. The first kappa shape index (κ1) is 23.5. The SMILES string of the molecule is Cc1cccc(C)c1N(Cc1ccc(C(=O)NCC(C)c2ccccc2)cc1)S(C)(=O)=O. The Morgan fingerprint density at radius 2 is 1.50 bits per heavy atom. The standard InChI is InChI=1S/C26H30N2O3S/c1-19-9-8-10-20(2)25(19)28(32(4,30)31)18-22-13-15-24(16-14-22)26(29)27-17-21(3)23-11-6-5-7-12-23/h5-16,21H,17-18H2,1-4H3,(H,27,29). The van der Waals surface area contributed by atoms with Crippen molar-refractivity contribution in [2.75, 3.05) is 17.1 Å². The van der Waals surface area contributed by atoms with E-state index in [0.29, 0.717) is 17.8 Å². The molecule has 0 spiro atoms. The topological polar surface area (TPSA) is 66.5 Å². The molecule has 3 rings (SSSR count). The summed E-state index contributed by atoms with van der Waals surface area (Å²) >= 11 is 0. The van der Waals surface area contributed by atoms with Crippen molar-refractivity contribution in [1.29, 1.82) is 0 Å². The number of hydrogen-bond acceptors (Lipinski definition) is 3. The number of sulfonamides is 1. The molecule has 5 nitrogen and oxygen atoms in total. The first-order chi connectivity index (χ1) is 15.2. The zero-order valence-corrected chi connectivity index (χ0v) is 19.8. The predicted octanol–water partition coefficient (Wildman–Crippen LogP) is 4.80. The fourth-order valence-corrected chi connectivity index (χ4v) is 4.74. The van der Waals surface area contributed by atoms with E-state index in [1.54, 1.807) is 24.3 Å². The van der Waals surface area contributed by atoms with E-state index in [9.17, 15) is 13.2 Å². The number of nitrogens with one attached hydrogen (secondary N) is 1. The maximum absolute atomic E-state index is 12.6. The van der Waals surface area contributed by atoms with Crippen LogP contribution in [0.15, 0.2) is 72.8 Å². The molecule has 0 aliphatic heterocycles. The quantitative estimate of drug-likeness (QED) is 0.536. The van der Waals surface area contributed by atoms with E-state index in [0.717, 1.165) is 16.7 Å². The average Bonchev–Trinajstić information content (AvgIpc) is 2.76.